The predicted molar refractivity (Wildman–Crippen MR) is 106 cm³/mol. The van der Waals surface area contributed by atoms with Crippen molar-refractivity contribution in [2.75, 3.05) is 25.1 Å². The molecule has 13 heteroatoms. The number of hydrogen-bond donors (Lipinski definition) is 2. The molecule has 0 unspecified atom stereocenters. The lowest BCUT2D eigenvalue weighted by Gasteiger charge is -2.34. The molecule has 0 spiro atoms. The lowest BCUT2D eigenvalue weighted by atomic mass is 9.91. The Balaban J connectivity index is 1.76. The van der Waals surface area contributed by atoms with Gasteiger partial charge in [-0.2, -0.15) is 4.98 Å². The number of nitrogens with two attached hydrogens (primary N) is 1. The third-order valence-electron chi connectivity index (χ3n) is 5.27. The Labute approximate surface area is 176 Å². The van der Waals surface area contributed by atoms with Crippen molar-refractivity contribution < 1.29 is 27.6 Å². The standard InChI is InChI=1S/C18H19N5O7S/c19-16(24)11-2-1-5-20-18(11)31(27,28)14-8-13(23(25)26)15-17(22-14)30-9-12(21-15)10-3-6-29-7-4-10/h1-2,5,8,10,12,21H,3-4,6-7,9H2,(H2,19,24)/t12-/m0/s1. The van der Waals surface area contributed by atoms with Crippen molar-refractivity contribution in [2.24, 2.45) is 11.7 Å². The molecule has 3 N–H and O–H groups in total. The summed E-state index contributed by atoms with van der Waals surface area (Å²) in [4.78, 5) is 30.4. The molecule has 12 nitrogen and oxygen atoms in total. The second-order valence-corrected chi connectivity index (χ2v) is 8.96. The van der Waals surface area contributed by atoms with Gasteiger partial charge in [-0.25, -0.2) is 13.4 Å². The average Bonchev–Trinajstić information content (AvgIpc) is 2.78. The van der Waals surface area contributed by atoms with Crippen LogP contribution in [0.5, 0.6) is 5.88 Å². The molecule has 1 atom stereocenters. The van der Waals surface area contributed by atoms with E-state index in [0.717, 1.165) is 18.9 Å². The normalized spacial score (nSPS) is 19.0. The molecule has 31 heavy (non-hydrogen) atoms. The Morgan fingerprint density at radius 2 is 2.06 bits per heavy atom. The highest BCUT2D eigenvalue weighted by Gasteiger charge is 2.36. The highest BCUT2D eigenvalue weighted by atomic mass is 32.2. The first-order valence-corrected chi connectivity index (χ1v) is 10.9. The van der Waals surface area contributed by atoms with Crippen LogP contribution >= 0.6 is 0 Å². The molecule has 0 radical (unpaired) electrons. The van der Waals surface area contributed by atoms with Gasteiger partial charge in [0.15, 0.2) is 15.7 Å². The number of carbonyl (C=O) groups excluding carboxylic acids is 1. The Bertz CT molecular complexity index is 1150. The van der Waals surface area contributed by atoms with E-state index in [1.807, 2.05) is 0 Å². The van der Waals surface area contributed by atoms with Crippen LogP contribution in [0.4, 0.5) is 11.4 Å². The van der Waals surface area contributed by atoms with Crippen LogP contribution in [0.3, 0.4) is 0 Å². The summed E-state index contributed by atoms with van der Waals surface area (Å²) in [7, 11) is -4.49. The zero-order valence-corrected chi connectivity index (χ0v) is 17.0. The second kappa shape index (κ2) is 8.07. The van der Waals surface area contributed by atoms with Crippen molar-refractivity contribution in [2.45, 2.75) is 28.9 Å². The number of rotatable bonds is 5. The van der Waals surface area contributed by atoms with Crippen LogP contribution in [0.2, 0.25) is 0 Å². The molecule has 0 aliphatic carbocycles. The number of nitrogens with one attached hydrogen (secondary N) is 1. The number of hydrogen-bond acceptors (Lipinski definition) is 10. The Hall–Kier alpha value is -3.32. The topological polar surface area (TPSA) is 177 Å². The summed E-state index contributed by atoms with van der Waals surface area (Å²) >= 11 is 0. The molecule has 1 saturated heterocycles. The summed E-state index contributed by atoms with van der Waals surface area (Å²) in [5.41, 5.74) is 4.42. The van der Waals surface area contributed by atoms with Crippen LogP contribution in [0.25, 0.3) is 0 Å². The zero-order chi connectivity index (χ0) is 22.2. The van der Waals surface area contributed by atoms with Gasteiger partial charge in [0.2, 0.25) is 15.7 Å². The summed E-state index contributed by atoms with van der Waals surface area (Å²) in [6.45, 7) is 1.36. The minimum absolute atomic E-state index is 0.0165. The summed E-state index contributed by atoms with van der Waals surface area (Å²) in [6.07, 6.45) is 2.72. The Morgan fingerprint density at radius 3 is 2.74 bits per heavy atom. The number of ether oxygens (including phenoxy) is 2. The number of nitrogens with zero attached hydrogens (tertiary/aromatic N) is 3. The first kappa shape index (κ1) is 20.9. The largest absolute Gasteiger partial charge is 0.474 e. The number of carbonyl (C=O) groups is 1. The fraction of sp³-hybridized carbons (Fsp3) is 0.389. The Morgan fingerprint density at radius 1 is 1.32 bits per heavy atom. The minimum Gasteiger partial charge on any atom is -0.474 e. The molecular formula is C18H19N5O7S. The summed E-state index contributed by atoms with van der Waals surface area (Å²) in [5, 5.41) is 13.5. The fourth-order valence-electron chi connectivity index (χ4n) is 3.67. The van der Waals surface area contributed by atoms with E-state index < -0.39 is 36.4 Å². The number of aromatic nitrogens is 2. The van der Waals surface area contributed by atoms with Gasteiger partial charge < -0.3 is 20.5 Å². The van der Waals surface area contributed by atoms with Crippen molar-refractivity contribution in [3.05, 3.63) is 40.1 Å². The van der Waals surface area contributed by atoms with E-state index in [1.165, 1.54) is 18.3 Å². The lowest BCUT2D eigenvalue weighted by molar-refractivity contribution is -0.384. The maximum absolute atomic E-state index is 13.1. The van der Waals surface area contributed by atoms with Crippen molar-refractivity contribution in [3.63, 3.8) is 0 Å². The molecule has 2 aromatic rings. The number of fused-ring (bicyclic) bond motifs is 1. The SMILES string of the molecule is NC(=O)c1cccnc1S(=O)(=O)c1cc([N+](=O)[O-])c2c(n1)OC[C@@H](C1CCOCC1)N2. The molecule has 4 rings (SSSR count). The molecule has 1 fully saturated rings. The summed E-state index contributed by atoms with van der Waals surface area (Å²) in [5.74, 6) is -1.01. The lowest BCUT2D eigenvalue weighted by Crippen LogP contribution is -2.41. The van der Waals surface area contributed by atoms with Crippen LogP contribution in [-0.2, 0) is 14.6 Å². The summed E-state index contributed by atoms with van der Waals surface area (Å²) in [6, 6.07) is 3.18. The first-order valence-electron chi connectivity index (χ1n) is 9.45. The maximum atomic E-state index is 13.1. The van der Waals surface area contributed by atoms with Gasteiger partial charge in [-0.3, -0.25) is 14.9 Å². The van der Waals surface area contributed by atoms with E-state index in [9.17, 15) is 23.3 Å². The second-order valence-electron chi connectivity index (χ2n) is 7.15. The van der Waals surface area contributed by atoms with Gasteiger partial charge in [0.1, 0.15) is 6.61 Å². The first-order chi connectivity index (χ1) is 14.8. The highest BCUT2D eigenvalue weighted by molar-refractivity contribution is 7.91. The van der Waals surface area contributed by atoms with Crippen LogP contribution in [-0.4, -0.2) is 55.1 Å². The fourth-order valence-corrected chi connectivity index (χ4v) is 4.99. The Kier molecular flexibility index (Phi) is 5.45. The van der Waals surface area contributed by atoms with Crippen molar-refractivity contribution in [3.8, 4) is 5.88 Å². The molecule has 1 amide bonds. The number of amides is 1. The van der Waals surface area contributed by atoms with Gasteiger partial charge in [-0.15, -0.1) is 0 Å². The van der Waals surface area contributed by atoms with Crippen LogP contribution in [0, 0.1) is 16.0 Å². The minimum atomic E-state index is -4.49. The molecular weight excluding hydrogens is 430 g/mol. The molecule has 0 aromatic carbocycles. The van der Waals surface area contributed by atoms with E-state index in [1.54, 1.807) is 0 Å². The van der Waals surface area contributed by atoms with Gasteiger partial charge in [0.25, 0.3) is 5.91 Å². The number of anilines is 1. The van der Waals surface area contributed by atoms with E-state index in [4.69, 9.17) is 15.2 Å². The van der Waals surface area contributed by atoms with E-state index in [-0.39, 0.29) is 35.7 Å². The van der Waals surface area contributed by atoms with Gasteiger partial charge >= 0.3 is 5.69 Å². The van der Waals surface area contributed by atoms with Crippen LogP contribution in [0.15, 0.2) is 34.4 Å². The summed E-state index contributed by atoms with van der Waals surface area (Å²) < 4.78 is 37.2. The van der Waals surface area contributed by atoms with E-state index >= 15 is 0 Å². The molecule has 2 aromatic heterocycles. The number of nitro groups is 1. The maximum Gasteiger partial charge on any atom is 0.300 e. The van der Waals surface area contributed by atoms with E-state index in [0.29, 0.717) is 13.2 Å². The molecule has 0 saturated carbocycles. The predicted octanol–water partition coefficient (Wildman–Crippen LogP) is 0.916. The van der Waals surface area contributed by atoms with Gasteiger partial charge in [0, 0.05) is 19.4 Å². The molecule has 164 valence electrons. The van der Waals surface area contributed by atoms with Crippen LogP contribution in [0.1, 0.15) is 23.2 Å². The van der Waals surface area contributed by atoms with Gasteiger partial charge in [-0.05, 0) is 30.9 Å². The van der Waals surface area contributed by atoms with Crippen molar-refractivity contribution in [1.82, 2.24) is 9.97 Å². The third-order valence-corrected chi connectivity index (χ3v) is 6.86. The van der Waals surface area contributed by atoms with Crippen LogP contribution < -0.4 is 15.8 Å². The molecule has 2 aliphatic rings. The highest BCUT2D eigenvalue weighted by Crippen LogP contribution is 2.40. The van der Waals surface area contributed by atoms with Gasteiger partial charge in [-0.1, -0.05) is 0 Å². The molecule has 4 heterocycles. The van der Waals surface area contributed by atoms with E-state index in [2.05, 4.69) is 15.3 Å². The third kappa shape index (κ3) is 3.88. The van der Waals surface area contributed by atoms with Gasteiger partial charge in [0.05, 0.1) is 22.6 Å². The zero-order valence-electron chi connectivity index (χ0n) is 16.2. The number of primary amides is 1. The number of pyridine rings is 2. The average molecular weight is 449 g/mol. The molecule has 2 aliphatic heterocycles. The van der Waals surface area contributed by atoms with Crippen molar-refractivity contribution in [1.29, 1.82) is 0 Å². The smallest absolute Gasteiger partial charge is 0.300 e. The number of sulfone groups is 1. The monoisotopic (exact) mass is 449 g/mol. The molecule has 0 bridgehead atoms. The quantitative estimate of drug-likeness (QED) is 0.493. The van der Waals surface area contributed by atoms with Crippen molar-refractivity contribution >= 4 is 27.1 Å².